The Balaban J connectivity index is 0. The molecule has 0 saturated heterocycles. The van der Waals surface area contributed by atoms with Crippen LogP contribution in [0.4, 0.5) is 5.82 Å². The van der Waals surface area contributed by atoms with E-state index in [0.29, 0.717) is 0 Å². The Morgan fingerprint density at radius 1 is 1.75 bits per heavy atom. The average molecular weight is 181 g/mol. The first-order valence-electron chi connectivity index (χ1n) is 2.75. The molecule has 12 heavy (non-hydrogen) atoms. The summed E-state index contributed by atoms with van der Waals surface area (Å²) in [5.74, 6) is -1.15. The quantitative estimate of drug-likeness (QED) is 0.497. The first-order valence-corrected chi connectivity index (χ1v) is 3.13. The molecule has 0 spiro atoms. The van der Waals surface area contributed by atoms with Crippen LogP contribution in [0.25, 0.3) is 0 Å². The molecule has 1 aromatic rings. The van der Waals surface area contributed by atoms with Gasteiger partial charge in [0.05, 0.1) is 5.02 Å². The maximum absolute atomic E-state index is 10.4. The van der Waals surface area contributed by atoms with Crippen molar-refractivity contribution in [2.24, 2.45) is 0 Å². The van der Waals surface area contributed by atoms with Gasteiger partial charge < -0.3 is 12.3 Å². The Kier molecular flexibility index (Phi) is 4.11. The molecule has 1 aromatic heterocycles. The van der Waals surface area contributed by atoms with Gasteiger partial charge in [-0.05, 0) is 6.07 Å². The fourth-order valence-corrected chi connectivity index (χ4v) is 0.779. The maximum Gasteiger partial charge on any atom is 1.00 e. The van der Waals surface area contributed by atoms with Gasteiger partial charge in [0.15, 0.2) is 0 Å². The molecule has 0 aliphatic heterocycles. The second-order valence-corrected chi connectivity index (χ2v) is 2.33. The monoisotopic (exact) mass is 180 g/mol. The first kappa shape index (κ1) is 11.3. The largest absolute Gasteiger partial charge is 1.00 e. The van der Waals surface area contributed by atoms with E-state index < -0.39 is 5.97 Å². The smallest absolute Gasteiger partial charge is 1.00 e. The molecule has 0 atom stereocenters. The molecule has 0 radical (unpaired) electrons. The number of aromatic nitrogens is 1. The predicted molar refractivity (Wildman–Crippen MR) is 41.7 cm³/mol. The average Bonchev–Trinajstić information content (AvgIpc) is 1.94. The molecule has 0 saturated carbocycles. The molecule has 0 amide bonds. The van der Waals surface area contributed by atoms with Crippen LogP contribution < -0.4 is 24.6 Å². The second-order valence-electron chi connectivity index (χ2n) is 1.89. The zero-order valence-corrected chi connectivity index (χ0v) is 7.17. The number of nitrogen functional groups attached to an aromatic ring is 1. The predicted octanol–water partition coefficient (Wildman–Crippen LogP) is -1.87. The molecule has 0 aliphatic rings. The standard InChI is InChI=1S/C6H5ClN2O2.Li.H/c7-3-1-4(6(10)11)5(8)9-2-3;;/h1-2H,(H2,8,9)(H,10,11);;/q;+1;-1. The molecule has 0 fully saturated rings. The summed E-state index contributed by atoms with van der Waals surface area (Å²) in [4.78, 5) is 14.0. The van der Waals surface area contributed by atoms with Crippen molar-refractivity contribution >= 4 is 23.4 Å². The van der Waals surface area contributed by atoms with Crippen LogP contribution in [0.1, 0.15) is 11.8 Å². The van der Waals surface area contributed by atoms with Crippen molar-refractivity contribution in [1.29, 1.82) is 0 Å². The zero-order valence-electron chi connectivity index (χ0n) is 7.41. The number of aromatic carboxylic acids is 1. The first-order chi connectivity index (χ1) is 5.11. The number of anilines is 1. The van der Waals surface area contributed by atoms with E-state index in [9.17, 15) is 4.79 Å². The van der Waals surface area contributed by atoms with Crippen LogP contribution in [0, 0.1) is 0 Å². The third-order valence-electron chi connectivity index (χ3n) is 1.12. The van der Waals surface area contributed by atoms with Gasteiger partial charge in [0, 0.05) is 6.20 Å². The van der Waals surface area contributed by atoms with E-state index >= 15 is 0 Å². The summed E-state index contributed by atoms with van der Waals surface area (Å²) in [7, 11) is 0. The number of rotatable bonds is 1. The summed E-state index contributed by atoms with van der Waals surface area (Å²) in [5, 5.41) is 8.77. The number of nitrogens with two attached hydrogens (primary N) is 1. The minimum absolute atomic E-state index is 0. The summed E-state index contributed by atoms with van der Waals surface area (Å²) < 4.78 is 0. The van der Waals surface area contributed by atoms with Crippen LogP contribution >= 0.6 is 11.6 Å². The van der Waals surface area contributed by atoms with Gasteiger partial charge in [-0.3, -0.25) is 0 Å². The van der Waals surface area contributed by atoms with Crippen molar-refractivity contribution in [3.63, 3.8) is 0 Å². The minimum Gasteiger partial charge on any atom is -1.00 e. The van der Waals surface area contributed by atoms with Crippen LogP contribution in [0.3, 0.4) is 0 Å². The van der Waals surface area contributed by atoms with Gasteiger partial charge in [0.2, 0.25) is 0 Å². The van der Waals surface area contributed by atoms with Crippen molar-refractivity contribution in [2.75, 3.05) is 5.73 Å². The normalized spacial score (nSPS) is 8.75. The van der Waals surface area contributed by atoms with Crippen LogP contribution in [0.15, 0.2) is 12.3 Å². The Bertz CT molecular complexity index is 311. The zero-order chi connectivity index (χ0) is 8.43. The van der Waals surface area contributed by atoms with Crippen LogP contribution in [0.5, 0.6) is 0 Å². The van der Waals surface area contributed by atoms with E-state index in [-0.39, 0.29) is 36.7 Å². The van der Waals surface area contributed by atoms with Gasteiger partial charge >= 0.3 is 24.8 Å². The van der Waals surface area contributed by atoms with Gasteiger partial charge in [0.1, 0.15) is 11.4 Å². The summed E-state index contributed by atoms with van der Waals surface area (Å²) in [6, 6.07) is 1.26. The fraction of sp³-hybridized carbons (Fsp3) is 0. The van der Waals surface area contributed by atoms with Gasteiger partial charge in [0.25, 0.3) is 0 Å². The number of carbonyl (C=O) groups is 1. The van der Waals surface area contributed by atoms with Crippen molar-refractivity contribution in [2.45, 2.75) is 0 Å². The summed E-state index contributed by atoms with van der Waals surface area (Å²) in [6.07, 6.45) is 1.29. The summed E-state index contributed by atoms with van der Waals surface area (Å²) in [5.41, 5.74) is 5.17. The number of carboxylic acid groups (broad SMARTS) is 1. The van der Waals surface area contributed by atoms with E-state index in [4.69, 9.17) is 22.4 Å². The van der Waals surface area contributed by atoms with Crippen LogP contribution in [-0.4, -0.2) is 16.1 Å². The summed E-state index contributed by atoms with van der Waals surface area (Å²) in [6.45, 7) is 0. The SMILES string of the molecule is Nc1ncc(Cl)cc1C(=O)O.[H-].[Li+]. The molecule has 1 heterocycles. The third kappa shape index (κ3) is 2.42. The molecular formula is C6H6ClLiN2O2. The Morgan fingerprint density at radius 2 is 2.33 bits per heavy atom. The van der Waals surface area contributed by atoms with E-state index in [2.05, 4.69) is 4.98 Å². The molecule has 0 bridgehead atoms. The van der Waals surface area contributed by atoms with Gasteiger partial charge in [-0.2, -0.15) is 0 Å². The number of hydrogen-bond donors (Lipinski definition) is 2. The Hall–Kier alpha value is -0.693. The summed E-state index contributed by atoms with van der Waals surface area (Å²) >= 11 is 5.48. The van der Waals surface area contributed by atoms with E-state index in [0.717, 1.165) is 0 Å². The number of halogens is 1. The topological polar surface area (TPSA) is 76.2 Å². The van der Waals surface area contributed by atoms with E-state index in [1.807, 2.05) is 0 Å². The third-order valence-corrected chi connectivity index (χ3v) is 1.32. The van der Waals surface area contributed by atoms with Crippen molar-refractivity contribution < 1.29 is 30.2 Å². The van der Waals surface area contributed by atoms with Crippen molar-refractivity contribution in [3.8, 4) is 0 Å². The molecule has 1 rings (SSSR count). The minimum atomic E-state index is -1.13. The van der Waals surface area contributed by atoms with Crippen molar-refractivity contribution in [1.82, 2.24) is 4.98 Å². The molecule has 6 heteroatoms. The molecule has 0 unspecified atom stereocenters. The molecular weight excluding hydrogens is 174 g/mol. The molecule has 0 aromatic carbocycles. The Labute approximate surface area is 87.4 Å². The number of pyridine rings is 1. The van der Waals surface area contributed by atoms with Crippen molar-refractivity contribution in [3.05, 3.63) is 22.8 Å². The molecule has 0 aliphatic carbocycles. The van der Waals surface area contributed by atoms with E-state index in [1.54, 1.807) is 0 Å². The second kappa shape index (κ2) is 4.36. The molecule has 4 nitrogen and oxygen atoms in total. The number of hydrogen-bond acceptors (Lipinski definition) is 3. The number of carboxylic acids is 1. The maximum atomic E-state index is 10.4. The molecule has 3 N–H and O–H groups in total. The van der Waals surface area contributed by atoms with Gasteiger partial charge in [-0.1, -0.05) is 11.6 Å². The van der Waals surface area contributed by atoms with Gasteiger partial charge in [-0.15, -0.1) is 0 Å². The number of nitrogens with zero attached hydrogens (tertiary/aromatic N) is 1. The fourth-order valence-electron chi connectivity index (χ4n) is 0.621. The van der Waals surface area contributed by atoms with Gasteiger partial charge in [-0.25, -0.2) is 9.78 Å². The molecule has 60 valence electrons. The Morgan fingerprint density at radius 3 is 2.75 bits per heavy atom. The van der Waals surface area contributed by atoms with Crippen LogP contribution in [0.2, 0.25) is 5.02 Å². The van der Waals surface area contributed by atoms with Crippen LogP contribution in [-0.2, 0) is 0 Å². The van der Waals surface area contributed by atoms with E-state index in [1.165, 1.54) is 12.3 Å².